The normalized spacial score (nSPS) is 13.6. The van der Waals surface area contributed by atoms with E-state index in [1.807, 2.05) is 6.07 Å². The topological polar surface area (TPSA) is 18.5 Å². The molecule has 98 valence electrons. The van der Waals surface area contributed by atoms with E-state index in [4.69, 9.17) is 9.47 Å². The van der Waals surface area contributed by atoms with Gasteiger partial charge in [0.15, 0.2) is 0 Å². The number of para-hydroxylation sites is 1. The zero-order chi connectivity index (χ0) is 13.2. The molecule has 0 saturated carbocycles. The summed E-state index contributed by atoms with van der Waals surface area (Å²) in [6.07, 6.45) is 2.22. The standard InChI is InChI=1S/C17H18O2/c1-12-11-14(18-2)8-9-15(12)16-7-3-5-13-6-4-10-19-17(13)16/h3,5,7-9,11H,4,6,10H2,1-2H3. The molecule has 1 aliphatic heterocycles. The molecule has 2 heteroatoms. The summed E-state index contributed by atoms with van der Waals surface area (Å²) in [5.41, 5.74) is 4.94. The van der Waals surface area contributed by atoms with Gasteiger partial charge in [-0.05, 0) is 48.6 Å². The molecule has 2 aromatic rings. The van der Waals surface area contributed by atoms with Crippen LogP contribution in [0.1, 0.15) is 17.5 Å². The van der Waals surface area contributed by atoms with Gasteiger partial charge in [0.2, 0.25) is 0 Å². The minimum Gasteiger partial charge on any atom is -0.497 e. The minimum absolute atomic E-state index is 0.819. The number of hydrogen-bond donors (Lipinski definition) is 0. The molecular weight excluding hydrogens is 236 g/mol. The zero-order valence-electron chi connectivity index (χ0n) is 11.4. The molecular formula is C17H18O2. The Labute approximate surface area is 114 Å². The fraction of sp³-hybridized carbons (Fsp3) is 0.294. The third kappa shape index (κ3) is 2.19. The molecule has 0 bridgehead atoms. The molecule has 3 rings (SSSR count). The van der Waals surface area contributed by atoms with E-state index in [-0.39, 0.29) is 0 Å². The smallest absolute Gasteiger partial charge is 0.130 e. The summed E-state index contributed by atoms with van der Waals surface area (Å²) >= 11 is 0. The molecule has 0 atom stereocenters. The first-order valence-corrected chi connectivity index (χ1v) is 6.69. The van der Waals surface area contributed by atoms with Crippen molar-refractivity contribution in [1.82, 2.24) is 0 Å². The van der Waals surface area contributed by atoms with E-state index in [1.54, 1.807) is 7.11 Å². The van der Waals surface area contributed by atoms with E-state index in [9.17, 15) is 0 Å². The number of rotatable bonds is 2. The monoisotopic (exact) mass is 254 g/mol. The van der Waals surface area contributed by atoms with Crippen LogP contribution >= 0.6 is 0 Å². The Bertz CT molecular complexity index is 602. The SMILES string of the molecule is COc1ccc(-c2cccc3c2OCCC3)c(C)c1. The van der Waals surface area contributed by atoms with Crippen molar-refractivity contribution in [2.75, 3.05) is 13.7 Å². The second kappa shape index (κ2) is 4.96. The highest BCUT2D eigenvalue weighted by Gasteiger charge is 2.16. The van der Waals surface area contributed by atoms with E-state index in [0.29, 0.717) is 0 Å². The first-order valence-electron chi connectivity index (χ1n) is 6.69. The first kappa shape index (κ1) is 12.1. The van der Waals surface area contributed by atoms with Gasteiger partial charge in [0.25, 0.3) is 0 Å². The van der Waals surface area contributed by atoms with Crippen LogP contribution in [0.15, 0.2) is 36.4 Å². The number of benzene rings is 2. The second-order valence-corrected chi connectivity index (χ2v) is 4.93. The van der Waals surface area contributed by atoms with Crippen LogP contribution in [0.4, 0.5) is 0 Å². The van der Waals surface area contributed by atoms with Gasteiger partial charge < -0.3 is 9.47 Å². The maximum Gasteiger partial charge on any atom is 0.130 e. The van der Waals surface area contributed by atoms with Crippen LogP contribution in [0.3, 0.4) is 0 Å². The molecule has 0 aromatic heterocycles. The van der Waals surface area contributed by atoms with Crippen LogP contribution < -0.4 is 9.47 Å². The van der Waals surface area contributed by atoms with Crippen molar-refractivity contribution in [1.29, 1.82) is 0 Å². The molecule has 0 radical (unpaired) electrons. The highest BCUT2D eigenvalue weighted by Crippen LogP contribution is 2.38. The lowest BCUT2D eigenvalue weighted by Crippen LogP contribution is -2.09. The molecule has 0 amide bonds. The number of aryl methyl sites for hydroxylation is 2. The zero-order valence-corrected chi connectivity index (χ0v) is 11.4. The fourth-order valence-electron chi connectivity index (χ4n) is 2.67. The van der Waals surface area contributed by atoms with Gasteiger partial charge in [-0.1, -0.05) is 24.3 Å². The largest absolute Gasteiger partial charge is 0.497 e. The lowest BCUT2D eigenvalue weighted by atomic mass is 9.95. The molecule has 0 fully saturated rings. The van der Waals surface area contributed by atoms with Crippen molar-refractivity contribution < 1.29 is 9.47 Å². The predicted octanol–water partition coefficient (Wildman–Crippen LogP) is 4.00. The van der Waals surface area contributed by atoms with E-state index in [0.717, 1.165) is 30.9 Å². The summed E-state index contributed by atoms with van der Waals surface area (Å²) < 4.78 is 11.2. The molecule has 1 aliphatic rings. The Kier molecular flexibility index (Phi) is 3.16. The van der Waals surface area contributed by atoms with Gasteiger partial charge in [0.1, 0.15) is 11.5 Å². The molecule has 2 aromatic carbocycles. The average molecular weight is 254 g/mol. The van der Waals surface area contributed by atoms with Crippen LogP contribution in [-0.2, 0) is 6.42 Å². The van der Waals surface area contributed by atoms with Crippen molar-refractivity contribution in [3.8, 4) is 22.6 Å². The van der Waals surface area contributed by atoms with Gasteiger partial charge >= 0.3 is 0 Å². The summed E-state index contributed by atoms with van der Waals surface area (Å²) in [4.78, 5) is 0. The predicted molar refractivity (Wildman–Crippen MR) is 77.0 cm³/mol. The Hall–Kier alpha value is -1.96. The number of fused-ring (bicyclic) bond motifs is 1. The molecule has 0 unspecified atom stereocenters. The number of ether oxygens (including phenoxy) is 2. The molecule has 0 spiro atoms. The maximum atomic E-state index is 5.89. The quantitative estimate of drug-likeness (QED) is 0.806. The fourth-order valence-corrected chi connectivity index (χ4v) is 2.67. The van der Waals surface area contributed by atoms with Crippen LogP contribution in [0, 0.1) is 6.92 Å². The molecule has 0 N–H and O–H groups in total. The summed E-state index contributed by atoms with van der Waals surface area (Å²) in [6, 6.07) is 12.6. The lowest BCUT2D eigenvalue weighted by molar-refractivity contribution is 0.289. The average Bonchev–Trinajstić information content (AvgIpc) is 2.46. The van der Waals surface area contributed by atoms with Crippen molar-refractivity contribution >= 4 is 0 Å². The van der Waals surface area contributed by atoms with E-state index in [2.05, 4.69) is 37.3 Å². The van der Waals surface area contributed by atoms with Gasteiger partial charge in [-0.3, -0.25) is 0 Å². The van der Waals surface area contributed by atoms with Crippen LogP contribution in [0.25, 0.3) is 11.1 Å². The first-order chi connectivity index (χ1) is 9.29. The summed E-state index contributed by atoms with van der Waals surface area (Å²) in [6.45, 7) is 2.93. The Morgan fingerprint density at radius 2 is 2.00 bits per heavy atom. The van der Waals surface area contributed by atoms with E-state index < -0.39 is 0 Å². The van der Waals surface area contributed by atoms with Crippen LogP contribution in [0.2, 0.25) is 0 Å². The Morgan fingerprint density at radius 1 is 1.11 bits per heavy atom. The summed E-state index contributed by atoms with van der Waals surface area (Å²) in [5.74, 6) is 1.95. The number of methoxy groups -OCH3 is 1. The van der Waals surface area contributed by atoms with Crippen LogP contribution in [-0.4, -0.2) is 13.7 Å². The Balaban J connectivity index is 2.12. The van der Waals surface area contributed by atoms with Gasteiger partial charge in [-0.15, -0.1) is 0 Å². The summed E-state index contributed by atoms with van der Waals surface area (Å²) in [7, 11) is 1.70. The summed E-state index contributed by atoms with van der Waals surface area (Å²) in [5, 5.41) is 0. The van der Waals surface area contributed by atoms with E-state index in [1.165, 1.54) is 22.3 Å². The highest BCUT2D eigenvalue weighted by molar-refractivity contribution is 5.75. The molecule has 0 saturated heterocycles. The third-order valence-corrected chi connectivity index (χ3v) is 3.66. The molecule has 1 heterocycles. The molecule has 19 heavy (non-hydrogen) atoms. The second-order valence-electron chi connectivity index (χ2n) is 4.93. The van der Waals surface area contributed by atoms with Crippen molar-refractivity contribution in [3.63, 3.8) is 0 Å². The van der Waals surface area contributed by atoms with Gasteiger partial charge in [-0.25, -0.2) is 0 Å². The third-order valence-electron chi connectivity index (χ3n) is 3.66. The van der Waals surface area contributed by atoms with E-state index >= 15 is 0 Å². The lowest BCUT2D eigenvalue weighted by Gasteiger charge is -2.21. The van der Waals surface area contributed by atoms with Crippen molar-refractivity contribution in [3.05, 3.63) is 47.5 Å². The minimum atomic E-state index is 0.819. The van der Waals surface area contributed by atoms with Gasteiger partial charge in [-0.2, -0.15) is 0 Å². The van der Waals surface area contributed by atoms with Crippen LogP contribution in [0.5, 0.6) is 11.5 Å². The molecule has 0 aliphatic carbocycles. The van der Waals surface area contributed by atoms with Crippen molar-refractivity contribution in [2.45, 2.75) is 19.8 Å². The van der Waals surface area contributed by atoms with Gasteiger partial charge in [0.05, 0.1) is 13.7 Å². The molecule has 2 nitrogen and oxygen atoms in total. The maximum absolute atomic E-state index is 5.89. The number of hydrogen-bond acceptors (Lipinski definition) is 2. The van der Waals surface area contributed by atoms with Gasteiger partial charge in [0, 0.05) is 5.56 Å². The Morgan fingerprint density at radius 3 is 2.79 bits per heavy atom. The highest BCUT2D eigenvalue weighted by atomic mass is 16.5. The van der Waals surface area contributed by atoms with Crippen molar-refractivity contribution in [2.24, 2.45) is 0 Å².